The number of hydrogen-bond acceptors (Lipinski definition) is 7. The molecular weight excluding hydrogens is 450 g/mol. The van der Waals surface area contributed by atoms with E-state index in [1.807, 2.05) is 30.3 Å². The quantitative estimate of drug-likeness (QED) is 0.271. The molecule has 1 amide bonds. The topological polar surface area (TPSA) is 112 Å². The maximum absolute atomic E-state index is 13.3. The molecule has 4 rings (SSSR count). The highest BCUT2D eigenvalue weighted by atomic mass is 16.5. The second-order valence-electron chi connectivity index (χ2n) is 8.83. The summed E-state index contributed by atoms with van der Waals surface area (Å²) in [6.07, 6.45) is 0.686. The number of H-pyrrole nitrogens is 1. The smallest absolute Gasteiger partial charge is 0.354 e. The number of ketones is 1. The molecule has 186 valence electrons. The summed E-state index contributed by atoms with van der Waals surface area (Å²) in [4.78, 5) is 45.3. The third-order valence-electron chi connectivity index (χ3n) is 6.70. The highest BCUT2D eigenvalue weighted by Crippen LogP contribution is 2.40. The monoisotopic (exact) mass is 481 g/mol. The molecule has 2 aliphatic rings. The zero-order chi connectivity index (χ0) is 25.1. The highest BCUT2D eigenvalue weighted by molar-refractivity contribution is 6.46. The van der Waals surface area contributed by atoms with E-state index in [1.165, 1.54) is 7.11 Å². The Morgan fingerprint density at radius 3 is 2.49 bits per heavy atom. The van der Waals surface area contributed by atoms with Crippen molar-refractivity contribution in [3.63, 3.8) is 0 Å². The van der Waals surface area contributed by atoms with Crippen LogP contribution >= 0.6 is 0 Å². The minimum absolute atomic E-state index is 0.0224. The average Bonchev–Trinajstić information content (AvgIpc) is 3.31. The lowest BCUT2D eigenvalue weighted by Gasteiger charge is -2.29. The zero-order valence-electron chi connectivity index (χ0n) is 20.3. The van der Waals surface area contributed by atoms with E-state index in [0.29, 0.717) is 43.0 Å². The third kappa shape index (κ3) is 4.74. The molecule has 2 aliphatic heterocycles. The maximum atomic E-state index is 13.3. The molecule has 3 heterocycles. The second kappa shape index (κ2) is 10.5. The van der Waals surface area contributed by atoms with Gasteiger partial charge in [-0.2, -0.15) is 0 Å². The fourth-order valence-electron chi connectivity index (χ4n) is 4.93. The number of nitrogens with zero attached hydrogens (tertiary/aromatic N) is 2. The lowest BCUT2D eigenvalue weighted by Crippen LogP contribution is -2.38. The van der Waals surface area contributed by atoms with E-state index in [-0.39, 0.29) is 17.0 Å². The third-order valence-corrected chi connectivity index (χ3v) is 6.70. The number of likely N-dealkylation sites (tertiary alicyclic amines) is 1. The number of benzene rings is 1. The van der Waals surface area contributed by atoms with E-state index >= 15 is 0 Å². The lowest BCUT2D eigenvalue weighted by atomic mass is 9.94. The van der Waals surface area contributed by atoms with Crippen LogP contribution in [0.5, 0.6) is 0 Å². The first kappa shape index (κ1) is 24.7. The summed E-state index contributed by atoms with van der Waals surface area (Å²) in [7, 11) is 1.27. The number of aromatic amines is 1. The molecule has 0 saturated carbocycles. The van der Waals surface area contributed by atoms with Gasteiger partial charge in [-0.25, -0.2) is 4.79 Å². The van der Waals surface area contributed by atoms with Gasteiger partial charge in [0.1, 0.15) is 11.5 Å². The van der Waals surface area contributed by atoms with E-state index in [0.717, 1.165) is 25.2 Å². The van der Waals surface area contributed by atoms with Crippen molar-refractivity contribution in [1.29, 1.82) is 0 Å². The van der Waals surface area contributed by atoms with Crippen LogP contribution in [0.1, 0.15) is 45.3 Å². The maximum Gasteiger partial charge on any atom is 0.354 e. The molecular formula is C26H31N3O6. The van der Waals surface area contributed by atoms with Crippen molar-refractivity contribution >= 4 is 23.4 Å². The molecule has 1 atom stereocenters. The predicted molar refractivity (Wildman–Crippen MR) is 129 cm³/mol. The number of ether oxygens (including phenoxy) is 2. The number of aliphatic hydroxyl groups excluding tert-OH is 1. The number of aliphatic hydroxyl groups is 1. The van der Waals surface area contributed by atoms with E-state index < -0.39 is 23.7 Å². The first-order chi connectivity index (χ1) is 16.8. The number of morpholine rings is 1. The number of Topliss-reactive ketones (excluding diaryl/α,β-unsaturated/α-hetero) is 1. The van der Waals surface area contributed by atoms with Crippen LogP contribution in [0.25, 0.3) is 5.76 Å². The number of aromatic nitrogens is 1. The van der Waals surface area contributed by atoms with Crippen molar-refractivity contribution in [2.24, 2.45) is 0 Å². The van der Waals surface area contributed by atoms with Crippen molar-refractivity contribution < 1.29 is 29.0 Å². The van der Waals surface area contributed by atoms with Crippen LogP contribution in [0.15, 0.2) is 35.9 Å². The molecule has 0 radical (unpaired) electrons. The molecule has 1 aromatic carbocycles. The van der Waals surface area contributed by atoms with E-state index in [4.69, 9.17) is 9.47 Å². The Labute approximate surface area is 204 Å². The lowest BCUT2D eigenvalue weighted by molar-refractivity contribution is -0.140. The van der Waals surface area contributed by atoms with Gasteiger partial charge >= 0.3 is 5.97 Å². The van der Waals surface area contributed by atoms with Gasteiger partial charge in [-0.3, -0.25) is 14.5 Å². The number of methoxy groups -OCH3 is 1. The molecule has 2 N–H and O–H groups in total. The van der Waals surface area contributed by atoms with Gasteiger partial charge in [0, 0.05) is 37.4 Å². The number of nitrogens with one attached hydrogen (secondary N) is 1. The molecule has 2 fully saturated rings. The molecule has 1 unspecified atom stereocenters. The predicted octanol–water partition coefficient (Wildman–Crippen LogP) is 2.56. The first-order valence-corrected chi connectivity index (χ1v) is 11.8. The van der Waals surface area contributed by atoms with Crippen LogP contribution in [0.4, 0.5) is 0 Å². The number of carbonyl (C=O) groups is 3. The van der Waals surface area contributed by atoms with Crippen LogP contribution in [-0.4, -0.2) is 84.1 Å². The van der Waals surface area contributed by atoms with Crippen LogP contribution in [-0.2, 0) is 19.1 Å². The highest BCUT2D eigenvalue weighted by Gasteiger charge is 2.46. The summed E-state index contributed by atoms with van der Waals surface area (Å²) in [5, 5.41) is 11.4. The molecule has 0 aliphatic carbocycles. The normalized spacial score (nSPS) is 20.4. The number of esters is 1. The van der Waals surface area contributed by atoms with Gasteiger partial charge < -0.3 is 24.5 Å². The van der Waals surface area contributed by atoms with Gasteiger partial charge in [-0.15, -0.1) is 0 Å². The molecule has 1 aromatic heterocycles. The molecule has 2 aromatic rings. The minimum atomic E-state index is -0.734. The summed E-state index contributed by atoms with van der Waals surface area (Å²) in [5.74, 6) is -2.24. The van der Waals surface area contributed by atoms with Gasteiger partial charge in [-0.05, 0) is 31.4 Å². The van der Waals surface area contributed by atoms with E-state index in [1.54, 1.807) is 18.7 Å². The molecule has 2 saturated heterocycles. The molecule has 0 bridgehead atoms. The van der Waals surface area contributed by atoms with E-state index in [9.17, 15) is 19.5 Å². The summed E-state index contributed by atoms with van der Waals surface area (Å²) in [5.41, 5.74) is 2.25. The van der Waals surface area contributed by atoms with Crippen LogP contribution in [0, 0.1) is 13.8 Å². The van der Waals surface area contributed by atoms with Crippen LogP contribution in [0.2, 0.25) is 0 Å². The van der Waals surface area contributed by atoms with Gasteiger partial charge in [0.2, 0.25) is 0 Å². The Morgan fingerprint density at radius 2 is 1.83 bits per heavy atom. The molecule has 9 nitrogen and oxygen atoms in total. The van der Waals surface area contributed by atoms with Gasteiger partial charge in [0.25, 0.3) is 11.7 Å². The van der Waals surface area contributed by atoms with Crippen molar-refractivity contribution in [3.05, 3.63) is 64.0 Å². The van der Waals surface area contributed by atoms with Crippen molar-refractivity contribution in [2.45, 2.75) is 26.3 Å². The fourth-order valence-corrected chi connectivity index (χ4v) is 4.93. The van der Waals surface area contributed by atoms with Crippen molar-refractivity contribution in [2.75, 3.05) is 46.5 Å². The number of carbonyl (C=O) groups excluding carboxylic acids is 3. The number of aryl methyl sites for hydroxylation is 1. The van der Waals surface area contributed by atoms with Gasteiger partial charge in [0.15, 0.2) is 0 Å². The molecule has 35 heavy (non-hydrogen) atoms. The fraction of sp³-hybridized carbons (Fsp3) is 0.423. The second-order valence-corrected chi connectivity index (χ2v) is 8.83. The standard InChI is InChI=1S/C26H31N3O6/c1-16-19(17(2)27-21(16)26(33)34-3)23(30)20-22(18-8-5-4-6-9-18)29(25(32)24(20)31)11-7-10-28-12-14-35-15-13-28/h4-6,8-9,22,27,30H,7,10-15H2,1-3H3/b23-20-. The average molecular weight is 482 g/mol. The zero-order valence-corrected chi connectivity index (χ0v) is 20.3. The Morgan fingerprint density at radius 1 is 1.14 bits per heavy atom. The summed E-state index contributed by atoms with van der Waals surface area (Å²) < 4.78 is 10.2. The Kier molecular flexibility index (Phi) is 7.37. The van der Waals surface area contributed by atoms with Crippen molar-refractivity contribution in [1.82, 2.24) is 14.8 Å². The Bertz CT molecular complexity index is 1150. The largest absolute Gasteiger partial charge is 0.507 e. The molecule has 0 spiro atoms. The summed E-state index contributed by atoms with van der Waals surface area (Å²) in [6.45, 7) is 7.59. The summed E-state index contributed by atoms with van der Waals surface area (Å²) >= 11 is 0. The molecule has 9 heteroatoms. The van der Waals surface area contributed by atoms with Gasteiger partial charge in [-0.1, -0.05) is 30.3 Å². The number of amides is 1. The first-order valence-electron chi connectivity index (χ1n) is 11.8. The SMILES string of the molecule is COC(=O)c1[nH]c(C)c(/C(O)=C2/C(=O)C(=O)N(CCCN3CCOCC3)C2c2ccccc2)c1C. The number of rotatable bonds is 7. The van der Waals surface area contributed by atoms with E-state index in [2.05, 4.69) is 9.88 Å². The minimum Gasteiger partial charge on any atom is -0.507 e. The van der Waals surface area contributed by atoms with Crippen LogP contribution in [0.3, 0.4) is 0 Å². The Hall–Kier alpha value is -3.43. The van der Waals surface area contributed by atoms with Crippen LogP contribution < -0.4 is 0 Å². The number of hydrogen-bond donors (Lipinski definition) is 2. The summed E-state index contributed by atoms with van der Waals surface area (Å²) in [6, 6.07) is 8.50. The van der Waals surface area contributed by atoms with Crippen molar-refractivity contribution in [3.8, 4) is 0 Å². The Balaban J connectivity index is 1.72. The van der Waals surface area contributed by atoms with Gasteiger partial charge in [0.05, 0.1) is 31.9 Å².